The van der Waals surface area contributed by atoms with E-state index < -0.39 is 0 Å². The number of anilines is 2. The summed E-state index contributed by atoms with van der Waals surface area (Å²) in [5.74, 6) is 0.865. The van der Waals surface area contributed by atoms with Crippen molar-refractivity contribution >= 4 is 11.6 Å². The number of aryl methyl sites for hydroxylation is 3. The molecule has 6 nitrogen and oxygen atoms in total. The van der Waals surface area contributed by atoms with Gasteiger partial charge >= 0.3 is 0 Å². The fourth-order valence-electron chi connectivity index (χ4n) is 3.11. The Labute approximate surface area is 204 Å². The van der Waals surface area contributed by atoms with Crippen molar-refractivity contribution in [2.24, 2.45) is 0 Å². The second kappa shape index (κ2) is 12.1. The Hall–Kier alpha value is -1.89. The van der Waals surface area contributed by atoms with Gasteiger partial charge in [-0.2, -0.15) is 0 Å². The van der Waals surface area contributed by atoms with Gasteiger partial charge in [0.1, 0.15) is 5.95 Å². The molecule has 0 aliphatic carbocycles. The van der Waals surface area contributed by atoms with E-state index in [2.05, 4.69) is 94.7 Å². The molecule has 0 unspecified atom stereocenters. The van der Waals surface area contributed by atoms with Gasteiger partial charge in [0.25, 0.3) is 0 Å². The van der Waals surface area contributed by atoms with E-state index in [1.807, 2.05) is 0 Å². The Kier molecular flexibility index (Phi) is 9.82. The number of nitrogen functional groups attached to an aromatic ring is 1. The van der Waals surface area contributed by atoms with Crippen LogP contribution in [0.1, 0.15) is 28.1 Å². The molecule has 1 aliphatic heterocycles. The molecule has 3 aromatic rings. The number of hydrogen-bond donors (Lipinski definition) is 1. The Bertz CT molecular complexity index is 923. The van der Waals surface area contributed by atoms with Gasteiger partial charge in [0.15, 0.2) is 0 Å². The van der Waals surface area contributed by atoms with Crippen molar-refractivity contribution in [3.63, 3.8) is 0 Å². The molecular weight excluding hydrogens is 449 g/mol. The Morgan fingerprint density at radius 1 is 0.967 bits per heavy atom. The maximum absolute atomic E-state index is 5.47. The van der Waals surface area contributed by atoms with E-state index in [1.165, 1.54) is 27.9 Å². The van der Waals surface area contributed by atoms with Crippen LogP contribution in [-0.4, -0.2) is 41.1 Å². The molecule has 2 aromatic carbocycles. The van der Waals surface area contributed by atoms with E-state index in [1.54, 1.807) is 0 Å². The molecule has 0 atom stereocenters. The monoisotopic (exact) mass is 477 g/mol. The molecule has 1 aromatic heterocycles. The number of rotatable bonds is 3. The fourth-order valence-corrected chi connectivity index (χ4v) is 3.11. The van der Waals surface area contributed by atoms with Crippen molar-refractivity contribution in [1.82, 2.24) is 15.0 Å². The van der Waals surface area contributed by atoms with Gasteiger partial charge < -0.3 is 30.9 Å². The fraction of sp³-hybridized carbons (Fsp3) is 0.348. The summed E-state index contributed by atoms with van der Waals surface area (Å²) >= 11 is 0. The average Bonchev–Trinajstić information content (AvgIpc) is 2.73. The second-order valence-electron chi connectivity index (χ2n) is 7.30. The van der Waals surface area contributed by atoms with E-state index >= 15 is 0 Å². The first-order valence-corrected chi connectivity index (χ1v) is 9.89. The van der Waals surface area contributed by atoms with Gasteiger partial charge in [-0.15, -0.1) is 13.1 Å². The maximum Gasteiger partial charge on any atom is 0.106 e. The first-order chi connectivity index (χ1) is 14.0. The third-order valence-corrected chi connectivity index (χ3v) is 4.98. The molecular formula is C23H28N6Y-2. The van der Waals surface area contributed by atoms with Gasteiger partial charge in [0.05, 0.1) is 0 Å². The van der Waals surface area contributed by atoms with Gasteiger partial charge in [0, 0.05) is 50.5 Å². The van der Waals surface area contributed by atoms with Crippen LogP contribution in [0.25, 0.3) is 5.32 Å². The third-order valence-electron chi connectivity index (χ3n) is 4.98. The van der Waals surface area contributed by atoms with E-state index in [0.717, 1.165) is 26.2 Å². The SMILES string of the molecule is Cc1ccc(Cc2n[c-]nc(N)n2)cc1C.Cc1ccc(N2CC[N-]CC2)cc1.[Y]. The second-order valence-corrected chi connectivity index (χ2v) is 7.30. The van der Waals surface area contributed by atoms with Crippen LogP contribution in [0, 0.1) is 27.1 Å². The van der Waals surface area contributed by atoms with Crippen molar-refractivity contribution < 1.29 is 32.7 Å². The molecule has 0 saturated carbocycles. The molecule has 0 bridgehead atoms. The van der Waals surface area contributed by atoms with Crippen LogP contribution >= 0.6 is 0 Å². The van der Waals surface area contributed by atoms with Crippen LogP contribution < -0.4 is 10.6 Å². The van der Waals surface area contributed by atoms with Crippen molar-refractivity contribution in [2.45, 2.75) is 27.2 Å². The van der Waals surface area contributed by atoms with Crippen molar-refractivity contribution in [3.05, 3.63) is 82.2 Å². The minimum atomic E-state index is 0. The summed E-state index contributed by atoms with van der Waals surface area (Å²) in [6.45, 7) is 10.4. The van der Waals surface area contributed by atoms with Gasteiger partial charge in [-0.05, 0) is 63.5 Å². The normalized spacial score (nSPS) is 13.1. The van der Waals surface area contributed by atoms with Crippen LogP contribution in [0.5, 0.6) is 0 Å². The number of nitrogens with two attached hydrogens (primary N) is 1. The summed E-state index contributed by atoms with van der Waals surface area (Å²) < 4.78 is 0. The largest absolute Gasteiger partial charge is 0.659 e. The third kappa shape index (κ3) is 7.42. The van der Waals surface area contributed by atoms with E-state index in [0.29, 0.717) is 12.2 Å². The van der Waals surface area contributed by atoms with Crippen molar-refractivity contribution in [2.75, 3.05) is 36.8 Å². The Morgan fingerprint density at radius 2 is 1.67 bits per heavy atom. The zero-order valence-electron chi connectivity index (χ0n) is 18.0. The maximum atomic E-state index is 5.47. The summed E-state index contributed by atoms with van der Waals surface area (Å²) in [4.78, 5) is 14.0. The summed E-state index contributed by atoms with van der Waals surface area (Å²) in [5, 5.41) is 4.33. The number of hydrogen-bond acceptors (Lipinski definition) is 5. The van der Waals surface area contributed by atoms with E-state index in [-0.39, 0.29) is 38.7 Å². The molecule has 2 heterocycles. The summed E-state index contributed by atoms with van der Waals surface area (Å²) in [6, 6.07) is 15.0. The standard InChI is InChI=1S/C12H13N4.C11H15N2.Y/c1-8-3-4-10(5-9(8)2)6-11-14-7-15-12(13)16-11;1-10-2-4-11(5-3-10)13-8-6-12-7-9-13;/h3-5H,6H2,1-2H3,(H2,13,14,15,16);2-5H,6-9H2,1H3;/q2*-1;. The van der Waals surface area contributed by atoms with Gasteiger partial charge in [-0.25, -0.2) is 0 Å². The topological polar surface area (TPSA) is 82.0 Å². The van der Waals surface area contributed by atoms with Gasteiger partial charge in [-0.3, -0.25) is 0 Å². The first-order valence-electron chi connectivity index (χ1n) is 9.89. The minimum Gasteiger partial charge on any atom is -0.659 e. The average molecular weight is 477 g/mol. The predicted octanol–water partition coefficient (Wildman–Crippen LogP) is 3.65. The van der Waals surface area contributed by atoms with Crippen LogP contribution in [0.3, 0.4) is 0 Å². The Morgan fingerprint density at radius 3 is 2.30 bits per heavy atom. The molecule has 1 aliphatic rings. The van der Waals surface area contributed by atoms with Crippen LogP contribution in [-0.2, 0) is 39.1 Å². The number of benzene rings is 2. The molecule has 30 heavy (non-hydrogen) atoms. The first kappa shape index (κ1) is 24.4. The smallest absolute Gasteiger partial charge is 0.106 e. The van der Waals surface area contributed by atoms with E-state index in [4.69, 9.17) is 5.73 Å². The van der Waals surface area contributed by atoms with Gasteiger partial charge in [-0.1, -0.05) is 41.5 Å². The van der Waals surface area contributed by atoms with Gasteiger partial charge in [0.2, 0.25) is 0 Å². The molecule has 4 rings (SSSR count). The van der Waals surface area contributed by atoms with Crippen LogP contribution in [0.2, 0.25) is 0 Å². The molecule has 1 radical (unpaired) electrons. The molecule has 7 heteroatoms. The predicted molar refractivity (Wildman–Crippen MR) is 118 cm³/mol. The zero-order chi connectivity index (χ0) is 20.6. The summed E-state index contributed by atoms with van der Waals surface area (Å²) in [7, 11) is 0. The molecule has 1 fully saturated rings. The number of aromatic nitrogens is 3. The minimum absolute atomic E-state index is 0. The van der Waals surface area contributed by atoms with Crippen molar-refractivity contribution in [1.29, 1.82) is 0 Å². The molecule has 155 valence electrons. The van der Waals surface area contributed by atoms with E-state index in [9.17, 15) is 0 Å². The van der Waals surface area contributed by atoms with Crippen LogP contribution in [0.15, 0.2) is 42.5 Å². The quantitative estimate of drug-likeness (QED) is 0.583. The number of nitrogens with zero attached hydrogens (tertiary/aromatic N) is 5. The molecule has 0 spiro atoms. The van der Waals surface area contributed by atoms with Crippen LogP contribution in [0.4, 0.5) is 11.6 Å². The summed E-state index contributed by atoms with van der Waals surface area (Å²) in [5.41, 5.74) is 11.8. The Balaban J connectivity index is 0.000000211. The van der Waals surface area contributed by atoms with Crippen molar-refractivity contribution in [3.8, 4) is 0 Å². The molecule has 1 saturated heterocycles. The summed E-state index contributed by atoms with van der Waals surface area (Å²) in [6.07, 6.45) is 3.15. The molecule has 0 amide bonds. The zero-order valence-corrected chi connectivity index (χ0v) is 20.8. The number of piperazine rings is 1. The molecule has 2 N–H and O–H groups in total.